The van der Waals surface area contributed by atoms with E-state index < -0.39 is 0 Å². The van der Waals surface area contributed by atoms with Crippen LogP contribution in [0.4, 0.5) is 0 Å². The van der Waals surface area contributed by atoms with Crippen molar-refractivity contribution >= 4 is 21.8 Å². The topological polar surface area (TPSA) is 4.93 Å². The van der Waals surface area contributed by atoms with Gasteiger partial charge in [0.2, 0.25) is 0 Å². The minimum atomic E-state index is 0.305. The van der Waals surface area contributed by atoms with Gasteiger partial charge in [-0.15, -0.1) is 0 Å². The van der Waals surface area contributed by atoms with E-state index in [0.717, 1.165) is 0 Å². The molecule has 1 aromatic heterocycles. The molecule has 1 nitrogen and oxygen atoms in total. The summed E-state index contributed by atoms with van der Waals surface area (Å²) in [5.41, 5.74) is 9.61. The zero-order valence-electron chi connectivity index (χ0n) is 15.2. The van der Waals surface area contributed by atoms with E-state index in [2.05, 4.69) is 103 Å². The predicted molar refractivity (Wildman–Crippen MR) is 113 cm³/mol. The van der Waals surface area contributed by atoms with Gasteiger partial charge in [-0.05, 0) is 28.3 Å². The SMILES string of the molecule is Cn1c2ccccc2c2ccc3c(c21)-c1ccccc1C3c1ccccc1. The lowest BCUT2D eigenvalue weighted by atomic mass is 9.89. The van der Waals surface area contributed by atoms with E-state index in [9.17, 15) is 0 Å². The van der Waals surface area contributed by atoms with Crippen LogP contribution >= 0.6 is 0 Å². The van der Waals surface area contributed by atoms with Gasteiger partial charge >= 0.3 is 0 Å². The van der Waals surface area contributed by atoms with Crippen molar-refractivity contribution in [3.8, 4) is 11.1 Å². The maximum Gasteiger partial charge on any atom is 0.0571 e. The normalized spacial score (nSPS) is 15.2. The highest BCUT2D eigenvalue weighted by atomic mass is 14.9. The Morgan fingerprint density at radius 1 is 0.630 bits per heavy atom. The van der Waals surface area contributed by atoms with Crippen molar-refractivity contribution in [2.45, 2.75) is 5.92 Å². The van der Waals surface area contributed by atoms with Gasteiger partial charge < -0.3 is 4.57 Å². The second-order valence-electron chi connectivity index (χ2n) is 7.43. The number of benzene rings is 4. The quantitative estimate of drug-likeness (QED) is 0.321. The number of para-hydroxylation sites is 1. The van der Waals surface area contributed by atoms with Crippen LogP contribution < -0.4 is 0 Å². The highest BCUT2D eigenvalue weighted by Crippen LogP contribution is 2.51. The van der Waals surface area contributed by atoms with E-state index in [1.54, 1.807) is 0 Å². The molecule has 0 spiro atoms. The molecule has 1 heterocycles. The lowest BCUT2D eigenvalue weighted by Gasteiger charge is -2.14. The lowest BCUT2D eigenvalue weighted by molar-refractivity contribution is 1.00. The van der Waals surface area contributed by atoms with E-state index in [0.29, 0.717) is 5.92 Å². The fraction of sp³-hybridized carbons (Fsp3) is 0.0769. The summed E-state index contributed by atoms with van der Waals surface area (Å²) in [7, 11) is 2.20. The van der Waals surface area contributed by atoms with Crippen LogP contribution in [0.3, 0.4) is 0 Å². The van der Waals surface area contributed by atoms with Crippen molar-refractivity contribution in [3.63, 3.8) is 0 Å². The predicted octanol–water partition coefficient (Wildman–Crippen LogP) is 6.49. The van der Waals surface area contributed by atoms with E-state index in [4.69, 9.17) is 0 Å². The molecule has 0 amide bonds. The Hall–Kier alpha value is -3.32. The molecule has 0 N–H and O–H groups in total. The summed E-state index contributed by atoms with van der Waals surface area (Å²) in [6, 6.07) is 33.2. The first kappa shape index (κ1) is 14.8. The molecule has 1 unspecified atom stereocenters. The summed E-state index contributed by atoms with van der Waals surface area (Å²) in [6.45, 7) is 0. The number of hydrogen-bond acceptors (Lipinski definition) is 0. The first-order valence-electron chi connectivity index (χ1n) is 9.49. The third kappa shape index (κ3) is 1.89. The van der Waals surface area contributed by atoms with Crippen molar-refractivity contribution in [3.05, 3.63) is 108 Å². The molecule has 5 aromatic rings. The molecule has 0 saturated heterocycles. The molecular formula is C26H19N. The number of nitrogens with zero attached hydrogens (tertiary/aromatic N) is 1. The molecular weight excluding hydrogens is 326 g/mol. The van der Waals surface area contributed by atoms with Gasteiger partial charge in [-0.1, -0.05) is 84.9 Å². The van der Waals surface area contributed by atoms with Crippen LogP contribution in [-0.2, 0) is 7.05 Å². The molecule has 1 heteroatoms. The Morgan fingerprint density at radius 2 is 1.37 bits per heavy atom. The maximum atomic E-state index is 2.37. The van der Waals surface area contributed by atoms with Gasteiger partial charge in [0.1, 0.15) is 0 Å². The third-order valence-electron chi connectivity index (χ3n) is 6.09. The highest BCUT2D eigenvalue weighted by Gasteiger charge is 2.32. The summed E-state index contributed by atoms with van der Waals surface area (Å²) < 4.78 is 2.37. The fourth-order valence-corrected chi connectivity index (χ4v) is 4.96. The standard InChI is InChI=1S/C26H19N/c1-27-23-14-8-7-11-18(23)21-15-16-22-24(17-9-3-2-4-10-17)19-12-5-6-13-20(19)25(22)26(21)27/h2-16,24H,1H3. The first-order valence-corrected chi connectivity index (χ1v) is 9.49. The van der Waals surface area contributed by atoms with E-state index in [1.165, 1.54) is 49.6 Å². The molecule has 1 aliphatic rings. The van der Waals surface area contributed by atoms with Crippen molar-refractivity contribution < 1.29 is 0 Å². The van der Waals surface area contributed by atoms with Gasteiger partial charge in [0, 0.05) is 34.8 Å². The fourth-order valence-electron chi connectivity index (χ4n) is 4.96. The van der Waals surface area contributed by atoms with Crippen molar-refractivity contribution in [2.75, 3.05) is 0 Å². The molecule has 0 aliphatic heterocycles. The van der Waals surface area contributed by atoms with Gasteiger partial charge in [-0.3, -0.25) is 0 Å². The number of aryl methyl sites for hydroxylation is 1. The van der Waals surface area contributed by atoms with Crippen LogP contribution in [0.2, 0.25) is 0 Å². The molecule has 1 aliphatic carbocycles. The van der Waals surface area contributed by atoms with Gasteiger partial charge in [0.05, 0.1) is 5.52 Å². The number of aromatic nitrogens is 1. The van der Waals surface area contributed by atoms with Gasteiger partial charge in [-0.2, -0.15) is 0 Å². The molecule has 4 aromatic carbocycles. The Balaban J connectivity index is 1.78. The number of fused-ring (bicyclic) bond motifs is 7. The molecule has 6 rings (SSSR count). The zero-order valence-corrected chi connectivity index (χ0v) is 15.2. The Morgan fingerprint density at radius 3 is 2.26 bits per heavy atom. The highest BCUT2D eigenvalue weighted by molar-refractivity contribution is 6.14. The average molecular weight is 345 g/mol. The second-order valence-corrected chi connectivity index (χ2v) is 7.43. The summed E-state index contributed by atoms with van der Waals surface area (Å²) in [5, 5.41) is 2.67. The van der Waals surface area contributed by atoms with E-state index in [1.807, 2.05) is 0 Å². The van der Waals surface area contributed by atoms with E-state index >= 15 is 0 Å². The minimum absolute atomic E-state index is 0.305. The second kappa shape index (κ2) is 5.34. The van der Waals surface area contributed by atoms with Crippen LogP contribution in [0.25, 0.3) is 32.9 Å². The zero-order chi connectivity index (χ0) is 18.0. The third-order valence-corrected chi connectivity index (χ3v) is 6.09. The Kier molecular flexibility index (Phi) is 2.93. The molecule has 0 fully saturated rings. The molecule has 27 heavy (non-hydrogen) atoms. The molecule has 0 radical (unpaired) electrons. The summed E-state index contributed by atoms with van der Waals surface area (Å²) in [6.07, 6.45) is 0. The van der Waals surface area contributed by atoms with Gasteiger partial charge in [0.25, 0.3) is 0 Å². The van der Waals surface area contributed by atoms with Crippen LogP contribution in [0.15, 0.2) is 91.0 Å². The van der Waals surface area contributed by atoms with E-state index in [-0.39, 0.29) is 0 Å². The van der Waals surface area contributed by atoms with Crippen LogP contribution in [-0.4, -0.2) is 4.57 Å². The Labute approximate surface area is 158 Å². The smallest absolute Gasteiger partial charge is 0.0571 e. The number of rotatable bonds is 1. The summed E-state index contributed by atoms with van der Waals surface area (Å²) in [5.74, 6) is 0.305. The van der Waals surface area contributed by atoms with Gasteiger partial charge in [-0.25, -0.2) is 0 Å². The van der Waals surface area contributed by atoms with Crippen LogP contribution in [0, 0.1) is 0 Å². The maximum absolute atomic E-state index is 2.37. The monoisotopic (exact) mass is 345 g/mol. The summed E-state index contributed by atoms with van der Waals surface area (Å²) >= 11 is 0. The Bertz CT molecular complexity index is 1320. The molecule has 0 bridgehead atoms. The first-order chi connectivity index (χ1) is 13.3. The largest absolute Gasteiger partial charge is 0.343 e. The van der Waals surface area contributed by atoms with Crippen LogP contribution in [0.1, 0.15) is 22.6 Å². The van der Waals surface area contributed by atoms with Crippen molar-refractivity contribution in [2.24, 2.45) is 7.05 Å². The molecule has 128 valence electrons. The van der Waals surface area contributed by atoms with Crippen molar-refractivity contribution in [1.29, 1.82) is 0 Å². The average Bonchev–Trinajstić information content (AvgIpc) is 3.22. The molecule has 0 saturated carbocycles. The van der Waals surface area contributed by atoms with Gasteiger partial charge in [0.15, 0.2) is 0 Å². The summed E-state index contributed by atoms with van der Waals surface area (Å²) in [4.78, 5) is 0. The minimum Gasteiger partial charge on any atom is -0.343 e. The van der Waals surface area contributed by atoms with Crippen molar-refractivity contribution in [1.82, 2.24) is 4.57 Å². The number of hydrogen-bond donors (Lipinski definition) is 0. The van der Waals surface area contributed by atoms with Crippen LogP contribution in [0.5, 0.6) is 0 Å². The molecule has 1 atom stereocenters. The lowest BCUT2D eigenvalue weighted by Crippen LogP contribution is -1.98.